The topological polar surface area (TPSA) is 86.3 Å². The average molecular weight is 308 g/mol. The van der Waals surface area contributed by atoms with E-state index in [0.29, 0.717) is 0 Å². The summed E-state index contributed by atoms with van der Waals surface area (Å²) < 4.78 is 4.07. The van der Waals surface area contributed by atoms with Gasteiger partial charge < -0.3 is 9.88 Å². The Labute approximate surface area is 127 Å². The lowest BCUT2D eigenvalue weighted by atomic mass is 10.2. The lowest BCUT2D eigenvalue weighted by Crippen LogP contribution is -2.20. The number of aryl methyl sites for hydroxylation is 1. The summed E-state index contributed by atoms with van der Waals surface area (Å²) in [4.78, 5) is 0. The van der Waals surface area contributed by atoms with Gasteiger partial charge in [0, 0.05) is 19.5 Å². The molecule has 1 N–H and O–H groups in total. The molecule has 2 aromatic rings. The molecule has 3 rings (SSSR count). The van der Waals surface area contributed by atoms with Gasteiger partial charge in [-0.15, -0.1) is 15.3 Å². The molecule has 0 saturated heterocycles. The molecule has 0 radical (unpaired) electrons. The first-order chi connectivity index (χ1) is 10.4. The Morgan fingerprint density at radius 3 is 3.10 bits per heavy atom. The van der Waals surface area contributed by atoms with E-state index in [0.717, 1.165) is 55.2 Å². The van der Waals surface area contributed by atoms with E-state index in [-0.39, 0.29) is 0 Å². The predicted molar refractivity (Wildman–Crippen MR) is 78.9 cm³/mol. The second-order valence-electron chi connectivity index (χ2n) is 4.97. The van der Waals surface area contributed by atoms with E-state index in [1.807, 2.05) is 4.68 Å². The van der Waals surface area contributed by atoms with Crippen LogP contribution in [0.3, 0.4) is 0 Å². The van der Waals surface area contributed by atoms with E-state index < -0.39 is 0 Å². The SMILES string of the molecule is CCNCCn1nnnc1SCc1nnc2n1CCCC2. The molecule has 114 valence electrons. The first-order valence-electron chi connectivity index (χ1n) is 7.39. The summed E-state index contributed by atoms with van der Waals surface area (Å²) >= 11 is 1.62. The van der Waals surface area contributed by atoms with Crippen LogP contribution in [0.4, 0.5) is 0 Å². The normalized spacial score (nSPS) is 14.3. The number of thioether (sulfide) groups is 1. The molecule has 0 bridgehead atoms. The van der Waals surface area contributed by atoms with Gasteiger partial charge in [-0.1, -0.05) is 18.7 Å². The standard InChI is InChI=1S/C12H20N8S/c1-2-13-6-8-20-12(16-17-18-20)21-9-11-15-14-10-5-3-4-7-19(10)11/h13H,2-9H2,1H3. The quantitative estimate of drug-likeness (QED) is 0.589. The van der Waals surface area contributed by atoms with Crippen molar-refractivity contribution in [3.63, 3.8) is 0 Å². The van der Waals surface area contributed by atoms with Gasteiger partial charge in [0.05, 0.1) is 12.3 Å². The maximum absolute atomic E-state index is 4.30. The van der Waals surface area contributed by atoms with Gasteiger partial charge in [-0.2, -0.15) is 0 Å². The highest BCUT2D eigenvalue weighted by Crippen LogP contribution is 2.21. The first-order valence-corrected chi connectivity index (χ1v) is 8.37. The van der Waals surface area contributed by atoms with Crippen LogP contribution in [0.15, 0.2) is 5.16 Å². The third-order valence-electron chi connectivity index (χ3n) is 3.52. The van der Waals surface area contributed by atoms with Crippen LogP contribution in [-0.4, -0.2) is 48.1 Å². The van der Waals surface area contributed by atoms with Crippen molar-refractivity contribution in [3.8, 4) is 0 Å². The number of nitrogens with zero attached hydrogens (tertiary/aromatic N) is 7. The minimum absolute atomic E-state index is 0.759. The van der Waals surface area contributed by atoms with E-state index in [4.69, 9.17) is 0 Å². The third kappa shape index (κ3) is 3.41. The molecule has 0 fully saturated rings. The van der Waals surface area contributed by atoms with E-state index in [1.54, 1.807) is 11.8 Å². The fraction of sp³-hybridized carbons (Fsp3) is 0.750. The number of hydrogen-bond donors (Lipinski definition) is 1. The fourth-order valence-corrected chi connectivity index (χ4v) is 3.25. The predicted octanol–water partition coefficient (Wildman–Crippen LogP) is 0.503. The molecule has 0 unspecified atom stereocenters. The summed E-state index contributed by atoms with van der Waals surface area (Å²) in [6, 6.07) is 0. The molecular formula is C12H20N8S. The maximum Gasteiger partial charge on any atom is 0.209 e. The third-order valence-corrected chi connectivity index (χ3v) is 4.47. The van der Waals surface area contributed by atoms with Crippen LogP contribution in [0.25, 0.3) is 0 Å². The molecule has 0 aromatic carbocycles. The molecule has 0 amide bonds. The second kappa shape index (κ2) is 6.99. The Bertz CT molecular complexity index is 578. The Morgan fingerprint density at radius 1 is 1.24 bits per heavy atom. The Balaban J connectivity index is 1.60. The highest BCUT2D eigenvalue weighted by atomic mass is 32.2. The highest BCUT2D eigenvalue weighted by Gasteiger charge is 2.16. The van der Waals surface area contributed by atoms with E-state index >= 15 is 0 Å². The van der Waals surface area contributed by atoms with Crippen molar-refractivity contribution in [2.24, 2.45) is 0 Å². The summed E-state index contributed by atoms with van der Waals surface area (Å²) in [7, 11) is 0. The van der Waals surface area contributed by atoms with Crippen molar-refractivity contribution in [2.75, 3.05) is 13.1 Å². The molecule has 2 aromatic heterocycles. The van der Waals surface area contributed by atoms with Crippen LogP contribution in [0.2, 0.25) is 0 Å². The van der Waals surface area contributed by atoms with Crippen LogP contribution in [-0.2, 0) is 25.3 Å². The second-order valence-corrected chi connectivity index (χ2v) is 5.91. The summed E-state index contributed by atoms with van der Waals surface area (Å²) in [6.45, 7) is 5.72. The van der Waals surface area contributed by atoms with Gasteiger partial charge in [0.15, 0.2) is 0 Å². The number of rotatable bonds is 7. The van der Waals surface area contributed by atoms with E-state index in [9.17, 15) is 0 Å². The zero-order chi connectivity index (χ0) is 14.5. The van der Waals surface area contributed by atoms with E-state index in [2.05, 4.69) is 42.5 Å². The zero-order valence-electron chi connectivity index (χ0n) is 12.2. The van der Waals surface area contributed by atoms with Crippen molar-refractivity contribution >= 4 is 11.8 Å². The summed E-state index contributed by atoms with van der Waals surface area (Å²) in [5.74, 6) is 2.90. The van der Waals surface area contributed by atoms with Crippen molar-refractivity contribution in [1.82, 2.24) is 40.3 Å². The van der Waals surface area contributed by atoms with Crippen molar-refractivity contribution in [3.05, 3.63) is 11.6 Å². The van der Waals surface area contributed by atoms with Crippen LogP contribution >= 0.6 is 11.8 Å². The molecule has 0 saturated carbocycles. The molecule has 0 spiro atoms. The zero-order valence-corrected chi connectivity index (χ0v) is 13.0. The van der Waals surface area contributed by atoms with Gasteiger partial charge in [-0.3, -0.25) is 0 Å². The number of tetrazole rings is 1. The molecular weight excluding hydrogens is 288 g/mol. The number of hydrogen-bond acceptors (Lipinski definition) is 7. The average Bonchev–Trinajstić information content (AvgIpc) is 3.12. The van der Waals surface area contributed by atoms with Crippen LogP contribution in [0.5, 0.6) is 0 Å². The highest BCUT2D eigenvalue weighted by molar-refractivity contribution is 7.98. The molecule has 8 nitrogen and oxygen atoms in total. The van der Waals surface area contributed by atoms with Gasteiger partial charge >= 0.3 is 0 Å². The van der Waals surface area contributed by atoms with Crippen molar-refractivity contribution in [1.29, 1.82) is 0 Å². The van der Waals surface area contributed by atoms with Crippen LogP contribution in [0.1, 0.15) is 31.4 Å². The largest absolute Gasteiger partial charge is 0.315 e. The minimum Gasteiger partial charge on any atom is -0.315 e. The van der Waals surface area contributed by atoms with Gasteiger partial charge in [0.25, 0.3) is 0 Å². The van der Waals surface area contributed by atoms with Gasteiger partial charge in [0.2, 0.25) is 5.16 Å². The Hall–Kier alpha value is -1.48. The Morgan fingerprint density at radius 2 is 2.19 bits per heavy atom. The van der Waals surface area contributed by atoms with Crippen molar-refractivity contribution in [2.45, 2.75) is 50.2 Å². The number of fused-ring (bicyclic) bond motifs is 1. The smallest absolute Gasteiger partial charge is 0.209 e. The van der Waals surface area contributed by atoms with Gasteiger partial charge in [0.1, 0.15) is 11.6 Å². The van der Waals surface area contributed by atoms with Crippen molar-refractivity contribution < 1.29 is 0 Å². The number of aromatic nitrogens is 7. The molecule has 9 heteroatoms. The summed E-state index contributed by atoms with van der Waals surface area (Å²) in [5.41, 5.74) is 0. The van der Waals surface area contributed by atoms with E-state index in [1.165, 1.54) is 12.8 Å². The molecule has 1 aliphatic heterocycles. The summed E-state index contributed by atoms with van der Waals surface area (Å²) in [5, 5.41) is 24.6. The van der Waals surface area contributed by atoms with Crippen LogP contribution < -0.4 is 5.32 Å². The van der Waals surface area contributed by atoms with Gasteiger partial charge in [-0.25, -0.2) is 4.68 Å². The van der Waals surface area contributed by atoms with Gasteiger partial charge in [-0.05, 0) is 29.8 Å². The molecule has 0 atom stereocenters. The number of nitrogens with one attached hydrogen (secondary N) is 1. The maximum atomic E-state index is 4.30. The molecule has 3 heterocycles. The fourth-order valence-electron chi connectivity index (χ4n) is 2.41. The lowest BCUT2D eigenvalue weighted by Gasteiger charge is -2.14. The number of likely N-dealkylation sites (N-methyl/N-ethyl adjacent to an activating group) is 1. The monoisotopic (exact) mass is 308 g/mol. The molecule has 21 heavy (non-hydrogen) atoms. The first kappa shape index (κ1) is 14.5. The summed E-state index contributed by atoms with van der Waals surface area (Å²) in [6.07, 6.45) is 3.47. The Kier molecular flexibility index (Phi) is 4.81. The van der Waals surface area contributed by atoms with Crippen LogP contribution in [0, 0.1) is 0 Å². The lowest BCUT2D eigenvalue weighted by molar-refractivity contribution is 0.511. The minimum atomic E-state index is 0.759. The molecule has 0 aliphatic carbocycles. The molecule has 1 aliphatic rings.